The Morgan fingerprint density at radius 2 is 1.93 bits per heavy atom. The number of fused-ring (bicyclic) bond motifs is 1. The zero-order valence-corrected chi connectivity index (χ0v) is 17.2. The number of carbonyl (C=O) groups is 1. The van der Waals surface area contributed by atoms with E-state index in [4.69, 9.17) is 10.2 Å². The summed E-state index contributed by atoms with van der Waals surface area (Å²) in [6, 6.07) is 17.5. The van der Waals surface area contributed by atoms with Crippen molar-refractivity contribution in [3.05, 3.63) is 65.5 Å². The van der Waals surface area contributed by atoms with Crippen molar-refractivity contribution in [2.24, 2.45) is 0 Å². The van der Waals surface area contributed by atoms with Crippen molar-refractivity contribution in [1.29, 1.82) is 5.26 Å². The summed E-state index contributed by atoms with van der Waals surface area (Å²) in [5, 5.41) is 8.96. The maximum atomic E-state index is 13.2. The fourth-order valence-corrected chi connectivity index (χ4v) is 3.69. The third-order valence-corrected chi connectivity index (χ3v) is 5.23. The van der Waals surface area contributed by atoms with Gasteiger partial charge in [-0.05, 0) is 49.9 Å². The summed E-state index contributed by atoms with van der Waals surface area (Å²) in [5.74, 6) is 1.74. The zero-order valence-electron chi connectivity index (χ0n) is 16.4. The van der Waals surface area contributed by atoms with E-state index in [2.05, 4.69) is 6.07 Å². The second kappa shape index (κ2) is 8.94. The molecule has 6 heteroatoms. The van der Waals surface area contributed by atoms with Crippen molar-refractivity contribution in [2.45, 2.75) is 38.7 Å². The van der Waals surface area contributed by atoms with Gasteiger partial charge >= 0.3 is 0 Å². The van der Waals surface area contributed by atoms with Crippen LogP contribution < -0.4 is 0 Å². The topological polar surface area (TPSA) is 61.9 Å². The monoisotopic (exact) mass is 392 g/mol. The predicted molar refractivity (Wildman–Crippen MR) is 114 cm³/mol. The van der Waals surface area contributed by atoms with Crippen molar-refractivity contribution in [2.75, 3.05) is 6.26 Å². The van der Waals surface area contributed by atoms with E-state index in [1.54, 1.807) is 23.9 Å². The molecule has 0 aliphatic heterocycles. The Labute approximate surface area is 170 Å². The van der Waals surface area contributed by atoms with Crippen LogP contribution in [-0.4, -0.2) is 32.7 Å². The second-order valence-corrected chi connectivity index (χ2v) is 7.83. The lowest BCUT2D eigenvalue weighted by atomic mass is 10.1. The van der Waals surface area contributed by atoms with E-state index in [1.807, 2.05) is 66.0 Å². The first-order valence-corrected chi connectivity index (χ1v) is 10.6. The molecule has 0 fully saturated rings. The third-order valence-electron chi connectivity index (χ3n) is 4.68. The average Bonchev–Trinajstić information content (AvgIpc) is 3.04. The molecule has 144 valence electrons. The number of hydrogen-bond acceptors (Lipinski definition) is 4. The minimum Gasteiger partial charge on any atom is -0.334 e. The molecule has 3 aromatic rings. The molecule has 3 rings (SSSR count). The van der Waals surface area contributed by atoms with Gasteiger partial charge in [-0.15, -0.1) is 0 Å². The van der Waals surface area contributed by atoms with Gasteiger partial charge in [0, 0.05) is 12.6 Å². The highest BCUT2D eigenvalue weighted by Gasteiger charge is 2.20. The van der Waals surface area contributed by atoms with Gasteiger partial charge in [0.25, 0.3) is 0 Å². The van der Waals surface area contributed by atoms with Gasteiger partial charge in [-0.2, -0.15) is 17.0 Å². The highest BCUT2D eigenvalue weighted by molar-refractivity contribution is 7.97. The predicted octanol–water partition coefficient (Wildman–Crippen LogP) is 4.21. The molecule has 0 spiro atoms. The van der Waals surface area contributed by atoms with Crippen LogP contribution in [0.5, 0.6) is 0 Å². The normalized spacial score (nSPS) is 11.0. The Kier molecular flexibility index (Phi) is 6.37. The Morgan fingerprint density at radius 1 is 1.21 bits per heavy atom. The van der Waals surface area contributed by atoms with Gasteiger partial charge < -0.3 is 9.47 Å². The molecule has 0 unspecified atom stereocenters. The van der Waals surface area contributed by atoms with E-state index in [0.29, 0.717) is 12.1 Å². The summed E-state index contributed by atoms with van der Waals surface area (Å²) in [7, 11) is 0. The van der Waals surface area contributed by atoms with Gasteiger partial charge in [0.2, 0.25) is 5.91 Å². The maximum Gasteiger partial charge on any atom is 0.243 e. The van der Waals surface area contributed by atoms with E-state index in [0.717, 1.165) is 28.2 Å². The van der Waals surface area contributed by atoms with Crippen LogP contribution in [0.15, 0.2) is 48.5 Å². The lowest BCUT2D eigenvalue weighted by Gasteiger charge is -2.27. The van der Waals surface area contributed by atoms with Crippen LogP contribution >= 0.6 is 11.8 Å². The molecule has 0 aliphatic carbocycles. The van der Waals surface area contributed by atoms with Crippen molar-refractivity contribution in [1.82, 2.24) is 14.5 Å². The molecule has 28 heavy (non-hydrogen) atoms. The number of para-hydroxylation sites is 2. The Morgan fingerprint density at radius 3 is 2.57 bits per heavy atom. The molecular weight excluding hydrogens is 368 g/mol. The molecule has 0 aliphatic rings. The summed E-state index contributed by atoms with van der Waals surface area (Å²) in [6.45, 7) is 4.84. The number of aromatic nitrogens is 2. The summed E-state index contributed by atoms with van der Waals surface area (Å²) in [6.07, 6.45) is 2.04. The number of imidazole rings is 1. The van der Waals surface area contributed by atoms with Crippen LogP contribution in [0.25, 0.3) is 11.0 Å². The minimum absolute atomic E-state index is 0.0601. The van der Waals surface area contributed by atoms with E-state index < -0.39 is 0 Å². The largest absolute Gasteiger partial charge is 0.334 e. The van der Waals surface area contributed by atoms with Crippen molar-refractivity contribution >= 4 is 28.7 Å². The SMILES string of the molecule is CSCc1nc2ccccc2n1CC(=O)N(Cc1ccc(C#N)cc1)C(C)C. The van der Waals surface area contributed by atoms with Crippen molar-refractivity contribution in [3.63, 3.8) is 0 Å². The average molecular weight is 393 g/mol. The van der Waals surface area contributed by atoms with Gasteiger partial charge in [0.15, 0.2) is 0 Å². The summed E-state index contributed by atoms with van der Waals surface area (Å²) < 4.78 is 2.03. The van der Waals surface area contributed by atoms with E-state index in [1.165, 1.54) is 0 Å². The highest BCUT2D eigenvalue weighted by Crippen LogP contribution is 2.20. The van der Waals surface area contributed by atoms with E-state index >= 15 is 0 Å². The van der Waals surface area contributed by atoms with Crippen LogP contribution in [-0.2, 0) is 23.6 Å². The molecule has 0 atom stereocenters. The molecule has 5 nitrogen and oxygen atoms in total. The molecule has 1 amide bonds. The highest BCUT2D eigenvalue weighted by atomic mass is 32.2. The van der Waals surface area contributed by atoms with Crippen LogP contribution in [0.3, 0.4) is 0 Å². The first-order chi connectivity index (χ1) is 13.5. The first-order valence-electron chi connectivity index (χ1n) is 9.25. The molecule has 0 radical (unpaired) electrons. The third kappa shape index (κ3) is 4.37. The summed E-state index contributed by atoms with van der Waals surface area (Å²) in [4.78, 5) is 19.8. The number of hydrogen-bond donors (Lipinski definition) is 0. The smallest absolute Gasteiger partial charge is 0.243 e. The number of nitriles is 1. The Hall–Kier alpha value is -2.78. The molecular formula is C22H24N4OS. The van der Waals surface area contributed by atoms with Crippen LogP contribution in [0.4, 0.5) is 0 Å². The van der Waals surface area contributed by atoms with Gasteiger partial charge in [-0.3, -0.25) is 4.79 Å². The standard InChI is InChI=1S/C22H24N4OS/c1-16(2)25(13-18-10-8-17(12-23)9-11-18)22(27)14-26-20-7-5-4-6-19(20)24-21(26)15-28-3/h4-11,16H,13-15H2,1-3H3. The number of nitrogens with zero attached hydrogens (tertiary/aromatic N) is 4. The van der Waals surface area contributed by atoms with Crippen LogP contribution in [0.2, 0.25) is 0 Å². The zero-order chi connectivity index (χ0) is 20.1. The van der Waals surface area contributed by atoms with Gasteiger partial charge in [0.1, 0.15) is 12.4 Å². The number of rotatable bonds is 7. The fourth-order valence-electron chi connectivity index (χ4n) is 3.21. The number of thioether (sulfide) groups is 1. The minimum atomic E-state index is 0.0601. The van der Waals surface area contributed by atoms with Crippen molar-refractivity contribution in [3.8, 4) is 6.07 Å². The van der Waals surface area contributed by atoms with Gasteiger partial charge in [-0.25, -0.2) is 4.98 Å². The van der Waals surface area contributed by atoms with Gasteiger partial charge in [0.05, 0.1) is 28.4 Å². The summed E-state index contributed by atoms with van der Waals surface area (Å²) >= 11 is 1.70. The maximum absolute atomic E-state index is 13.2. The molecule has 1 aromatic heterocycles. The summed E-state index contributed by atoms with van der Waals surface area (Å²) in [5.41, 5.74) is 3.54. The lowest BCUT2D eigenvalue weighted by Crippen LogP contribution is -2.38. The molecule has 0 bridgehead atoms. The number of carbonyl (C=O) groups excluding carboxylic acids is 1. The van der Waals surface area contributed by atoms with Crippen LogP contribution in [0, 0.1) is 11.3 Å². The van der Waals surface area contributed by atoms with Gasteiger partial charge in [-0.1, -0.05) is 24.3 Å². The molecule has 2 aromatic carbocycles. The molecule has 0 N–H and O–H groups in total. The van der Waals surface area contributed by atoms with E-state index in [-0.39, 0.29) is 18.5 Å². The number of amides is 1. The van der Waals surface area contributed by atoms with Crippen LogP contribution in [0.1, 0.15) is 30.8 Å². The van der Waals surface area contributed by atoms with E-state index in [9.17, 15) is 4.79 Å². The molecule has 1 heterocycles. The fraction of sp³-hybridized carbons (Fsp3) is 0.318. The lowest BCUT2D eigenvalue weighted by molar-refractivity contribution is -0.134. The Bertz CT molecular complexity index is 1000. The Balaban J connectivity index is 1.85. The molecule has 0 saturated carbocycles. The first kappa shape index (κ1) is 20.0. The van der Waals surface area contributed by atoms with Crippen molar-refractivity contribution < 1.29 is 4.79 Å². The number of benzene rings is 2. The second-order valence-electron chi connectivity index (χ2n) is 6.96. The quantitative estimate of drug-likeness (QED) is 0.604. The molecule has 0 saturated heterocycles.